The van der Waals surface area contributed by atoms with Crippen LogP contribution in [0.3, 0.4) is 0 Å². The Labute approximate surface area is 124 Å². The maximum atomic E-state index is 12.0. The normalized spacial score (nSPS) is 11.5. The lowest BCUT2D eigenvalue weighted by atomic mass is 10.00. The van der Waals surface area contributed by atoms with Crippen LogP contribution in [0.15, 0.2) is 18.2 Å². The van der Waals surface area contributed by atoms with E-state index in [9.17, 15) is 4.79 Å². The average molecular weight is 303 g/mol. The number of nitrogens with two attached hydrogens (primary N) is 1. The fourth-order valence-electron chi connectivity index (χ4n) is 1.63. The Bertz CT molecular complexity index is 455. The van der Waals surface area contributed by atoms with Crippen molar-refractivity contribution >= 4 is 29.1 Å². The first-order valence-corrected chi connectivity index (χ1v) is 6.92. The minimum absolute atomic E-state index is 0.0505. The number of amides is 1. The van der Waals surface area contributed by atoms with Gasteiger partial charge in [-0.3, -0.25) is 4.79 Å². The Hall–Kier alpha value is -0.770. The van der Waals surface area contributed by atoms with Crippen LogP contribution in [0, 0.1) is 0 Å². The molecule has 0 saturated carbocycles. The summed E-state index contributed by atoms with van der Waals surface area (Å²) in [5.41, 5.74) is 6.39. The summed E-state index contributed by atoms with van der Waals surface area (Å²) >= 11 is 12.0. The van der Waals surface area contributed by atoms with E-state index < -0.39 is 0 Å². The van der Waals surface area contributed by atoms with Crippen molar-refractivity contribution in [2.24, 2.45) is 5.73 Å². The highest BCUT2D eigenvalue weighted by Gasteiger charge is 2.16. The molecule has 0 spiro atoms. The summed E-state index contributed by atoms with van der Waals surface area (Å²) in [5, 5.41) is 1.01. The van der Waals surface area contributed by atoms with Crippen molar-refractivity contribution in [2.45, 2.75) is 38.8 Å². The predicted molar refractivity (Wildman–Crippen MR) is 80.4 cm³/mol. The molecule has 0 saturated heterocycles. The molecule has 106 valence electrons. The first-order valence-electron chi connectivity index (χ1n) is 6.16. The molecule has 0 atom stereocenters. The molecular weight excluding hydrogens is 283 g/mol. The quantitative estimate of drug-likeness (QED) is 0.905. The van der Waals surface area contributed by atoms with Gasteiger partial charge in [-0.05, 0) is 31.9 Å². The van der Waals surface area contributed by atoms with Gasteiger partial charge < -0.3 is 10.6 Å². The number of benzene rings is 1. The van der Waals surface area contributed by atoms with Crippen molar-refractivity contribution in [1.29, 1.82) is 0 Å². The predicted octanol–water partition coefficient (Wildman–Crippen LogP) is 3.47. The number of hydrogen-bond acceptors (Lipinski definition) is 2. The SMILES string of the molecule is CN(Cc1cccc(Cl)c1Cl)C(=O)CCC(C)(C)N. The van der Waals surface area contributed by atoms with E-state index >= 15 is 0 Å². The number of halogens is 2. The molecule has 0 unspecified atom stereocenters. The molecule has 1 amide bonds. The zero-order chi connectivity index (χ0) is 14.6. The lowest BCUT2D eigenvalue weighted by Crippen LogP contribution is -2.34. The summed E-state index contributed by atoms with van der Waals surface area (Å²) < 4.78 is 0. The fourth-order valence-corrected chi connectivity index (χ4v) is 2.01. The minimum atomic E-state index is -0.329. The maximum absolute atomic E-state index is 12.0. The Morgan fingerprint density at radius 3 is 2.58 bits per heavy atom. The van der Waals surface area contributed by atoms with Crippen LogP contribution < -0.4 is 5.73 Å². The second-order valence-electron chi connectivity index (χ2n) is 5.45. The molecule has 0 aliphatic heterocycles. The van der Waals surface area contributed by atoms with Gasteiger partial charge in [0.1, 0.15) is 0 Å². The molecule has 0 aliphatic rings. The van der Waals surface area contributed by atoms with Crippen LogP contribution in [-0.2, 0) is 11.3 Å². The highest BCUT2D eigenvalue weighted by atomic mass is 35.5. The Balaban J connectivity index is 2.62. The van der Waals surface area contributed by atoms with Gasteiger partial charge in [0.15, 0.2) is 0 Å². The molecule has 0 radical (unpaired) electrons. The smallest absolute Gasteiger partial charge is 0.222 e. The van der Waals surface area contributed by atoms with Gasteiger partial charge in [-0.15, -0.1) is 0 Å². The number of carbonyl (C=O) groups is 1. The lowest BCUT2D eigenvalue weighted by Gasteiger charge is -2.22. The molecule has 0 fully saturated rings. The molecule has 0 bridgehead atoms. The topological polar surface area (TPSA) is 46.3 Å². The Morgan fingerprint density at radius 1 is 1.37 bits per heavy atom. The van der Waals surface area contributed by atoms with Crippen molar-refractivity contribution < 1.29 is 4.79 Å². The number of carbonyl (C=O) groups excluding carboxylic acids is 1. The molecule has 0 aliphatic carbocycles. The monoisotopic (exact) mass is 302 g/mol. The summed E-state index contributed by atoms with van der Waals surface area (Å²) in [5.74, 6) is 0.0505. The molecule has 0 heterocycles. The molecule has 1 rings (SSSR count). The molecule has 5 heteroatoms. The third kappa shape index (κ3) is 5.39. The lowest BCUT2D eigenvalue weighted by molar-refractivity contribution is -0.130. The minimum Gasteiger partial charge on any atom is -0.341 e. The van der Waals surface area contributed by atoms with Crippen LogP contribution in [0.4, 0.5) is 0 Å². The van der Waals surface area contributed by atoms with Gasteiger partial charge in [-0.1, -0.05) is 35.3 Å². The van der Waals surface area contributed by atoms with E-state index in [4.69, 9.17) is 28.9 Å². The first-order chi connectivity index (χ1) is 8.70. The Kier molecular flexibility index (Phi) is 5.65. The number of hydrogen-bond donors (Lipinski definition) is 1. The Morgan fingerprint density at radius 2 is 2.00 bits per heavy atom. The zero-order valence-corrected chi connectivity index (χ0v) is 13.1. The van der Waals surface area contributed by atoms with E-state index in [0.29, 0.717) is 29.4 Å². The van der Waals surface area contributed by atoms with Crippen LogP contribution in [-0.4, -0.2) is 23.4 Å². The van der Waals surface area contributed by atoms with Crippen molar-refractivity contribution in [3.05, 3.63) is 33.8 Å². The van der Waals surface area contributed by atoms with Gasteiger partial charge in [0.05, 0.1) is 10.0 Å². The van der Waals surface area contributed by atoms with Crippen molar-refractivity contribution in [3.8, 4) is 0 Å². The largest absolute Gasteiger partial charge is 0.341 e. The third-order valence-corrected chi connectivity index (χ3v) is 3.71. The molecule has 1 aromatic carbocycles. The summed E-state index contributed by atoms with van der Waals surface area (Å²) in [6.45, 7) is 4.27. The molecule has 1 aromatic rings. The van der Waals surface area contributed by atoms with Crippen LogP contribution in [0.2, 0.25) is 10.0 Å². The van der Waals surface area contributed by atoms with Gasteiger partial charge in [-0.25, -0.2) is 0 Å². The van der Waals surface area contributed by atoms with Crippen LogP contribution in [0.1, 0.15) is 32.3 Å². The second-order valence-corrected chi connectivity index (χ2v) is 6.24. The standard InChI is InChI=1S/C14H20Cl2N2O/c1-14(2,17)8-7-12(19)18(3)9-10-5-4-6-11(15)13(10)16/h4-6H,7-9,17H2,1-3H3. The first kappa shape index (κ1) is 16.3. The number of rotatable bonds is 5. The van der Waals surface area contributed by atoms with Crippen LogP contribution >= 0.6 is 23.2 Å². The third-order valence-electron chi connectivity index (χ3n) is 2.85. The zero-order valence-electron chi connectivity index (χ0n) is 11.5. The molecule has 2 N–H and O–H groups in total. The van der Waals surface area contributed by atoms with Gasteiger partial charge in [0.25, 0.3) is 0 Å². The maximum Gasteiger partial charge on any atom is 0.222 e. The van der Waals surface area contributed by atoms with Crippen molar-refractivity contribution in [1.82, 2.24) is 4.90 Å². The highest BCUT2D eigenvalue weighted by molar-refractivity contribution is 6.42. The van der Waals surface area contributed by atoms with Gasteiger partial charge in [-0.2, -0.15) is 0 Å². The van der Waals surface area contributed by atoms with E-state index in [1.807, 2.05) is 26.0 Å². The van der Waals surface area contributed by atoms with Crippen LogP contribution in [0.5, 0.6) is 0 Å². The molecule has 19 heavy (non-hydrogen) atoms. The van der Waals surface area contributed by atoms with E-state index in [-0.39, 0.29) is 11.4 Å². The fraction of sp³-hybridized carbons (Fsp3) is 0.500. The van der Waals surface area contributed by atoms with Gasteiger partial charge >= 0.3 is 0 Å². The molecular formula is C14H20Cl2N2O. The average Bonchev–Trinajstić information content (AvgIpc) is 2.31. The summed E-state index contributed by atoms with van der Waals surface area (Å²) in [6.07, 6.45) is 1.08. The summed E-state index contributed by atoms with van der Waals surface area (Å²) in [7, 11) is 1.75. The van der Waals surface area contributed by atoms with Crippen LogP contribution in [0.25, 0.3) is 0 Å². The molecule has 3 nitrogen and oxygen atoms in total. The highest BCUT2D eigenvalue weighted by Crippen LogP contribution is 2.26. The molecule has 0 aromatic heterocycles. The summed E-state index contributed by atoms with van der Waals surface area (Å²) in [6, 6.07) is 5.42. The van der Waals surface area contributed by atoms with Crippen molar-refractivity contribution in [2.75, 3.05) is 7.05 Å². The van der Waals surface area contributed by atoms with E-state index in [1.165, 1.54) is 0 Å². The van der Waals surface area contributed by atoms with Gasteiger partial charge in [0.2, 0.25) is 5.91 Å². The van der Waals surface area contributed by atoms with Gasteiger partial charge in [0, 0.05) is 25.6 Å². The van der Waals surface area contributed by atoms with Crippen molar-refractivity contribution in [3.63, 3.8) is 0 Å². The second kappa shape index (κ2) is 6.60. The van der Waals surface area contributed by atoms with E-state index in [0.717, 1.165) is 5.56 Å². The van der Waals surface area contributed by atoms with E-state index in [2.05, 4.69) is 0 Å². The van der Waals surface area contributed by atoms with E-state index in [1.54, 1.807) is 18.0 Å². The summed E-state index contributed by atoms with van der Waals surface area (Å²) in [4.78, 5) is 13.6. The number of nitrogens with zero attached hydrogens (tertiary/aromatic N) is 1.